The number of aromatic carboxylic acids is 1. The molecule has 2 unspecified atom stereocenters. The molecule has 0 amide bonds. The molecule has 0 aliphatic rings. The summed E-state index contributed by atoms with van der Waals surface area (Å²) in [6, 6.07) is 3.70. The molecule has 0 fully saturated rings. The molecule has 7 heteroatoms. The van der Waals surface area contributed by atoms with E-state index in [2.05, 4.69) is 4.74 Å². The number of carbonyl (C=O) groups is 2. The van der Waals surface area contributed by atoms with Gasteiger partial charge in [-0.1, -0.05) is 6.07 Å². The zero-order chi connectivity index (χ0) is 15.3. The van der Waals surface area contributed by atoms with Gasteiger partial charge in [0, 0.05) is 5.56 Å². The van der Waals surface area contributed by atoms with E-state index >= 15 is 0 Å². The van der Waals surface area contributed by atoms with Crippen molar-refractivity contribution in [3.63, 3.8) is 0 Å². The second-order valence-electron chi connectivity index (χ2n) is 3.90. The van der Waals surface area contributed by atoms with Gasteiger partial charge < -0.3 is 24.8 Å². The van der Waals surface area contributed by atoms with Gasteiger partial charge in [-0.05, 0) is 19.1 Å². The number of carboxylic acids is 1. The van der Waals surface area contributed by atoms with Crippen molar-refractivity contribution in [3.8, 4) is 5.75 Å². The fourth-order valence-electron chi connectivity index (χ4n) is 1.62. The van der Waals surface area contributed by atoms with Gasteiger partial charge in [-0.25, -0.2) is 9.59 Å². The SMILES string of the molecule is CCOC(=O)C(O)C(O)c1ccc(C(=O)O)cc1OC. The van der Waals surface area contributed by atoms with Crippen LogP contribution in [0.1, 0.15) is 28.9 Å². The summed E-state index contributed by atoms with van der Waals surface area (Å²) in [6.45, 7) is 1.64. The Labute approximate surface area is 115 Å². The Bertz CT molecular complexity index is 497. The van der Waals surface area contributed by atoms with Crippen LogP contribution in [0.15, 0.2) is 18.2 Å². The van der Waals surface area contributed by atoms with Crippen LogP contribution in [0.25, 0.3) is 0 Å². The van der Waals surface area contributed by atoms with Gasteiger partial charge in [-0.3, -0.25) is 0 Å². The highest BCUT2D eigenvalue weighted by Gasteiger charge is 2.29. The summed E-state index contributed by atoms with van der Waals surface area (Å²) in [6.07, 6.45) is -3.36. The van der Waals surface area contributed by atoms with Crippen LogP contribution >= 0.6 is 0 Å². The van der Waals surface area contributed by atoms with Crippen molar-refractivity contribution < 1.29 is 34.4 Å². The van der Waals surface area contributed by atoms with E-state index in [1.807, 2.05) is 0 Å². The number of methoxy groups -OCH3 is 1. The minimum atomic E-state index is -1.78. The summed E-state index contributed by atoms with van der Waals surface area (Å²) in [5.74, 6) is -2.07. The van der Waals surface area contributed by atoms with Crippen LogP contribution in [-0.4, -0.2) is 47.1 Å². The van der Waals surface area contributed by atoms with Gasteiger partial charge in [-0.2, -0.15) is 0 Å². The van der Waals surface area contributed by atoms with Gasteiger partial charge in [0.2, 0.25) is 0 Å². The molecule has 20 heavy (non-hydrogen) atoms. The fraction of sp³-hybridized carbons (Fsp3) is 0.385. The maximum atomic E-state index is 11.4. The van der Waals surface area contributed by atoms with E-state index < -0.39 is 24.1 Å². The number of carboxylic acid groups (broad SMARTS) is 1. The molecule has 1 aromatic carbocycles. The quantitative estimate of drug-likeness (QED) is 0.646. The number of benzene rings is 1. The van der Waals surface area contributed by atoms with E-state index in [0.717, 1.165) is 0 Å². The maximum absolute atomic E-state index is 11.4. The molecule has 2 atom stereocenters. The molecular weight excluding hydrogens is 268 g/mol. The maximum Gasteiger partial charge on any atom is 0.338 e. The third-order valence-corrected chi connectivity index (χ3v) is 2.63. The molecule has 110 valence electrons. The van der Waals surface area contributed by atoms with Crippen molar-refractivity contribution in [1.82, 2.24) is 0 Å². The molecule has 0 heterocycles. The Morgan fingerprint density at radius 1 is 1.30 bits per heavy atom. The van der Waals surface area contributed by atoms with Gasteiger partial charge in [-0.15, -0.1) is 0 Å². The Balaban J connectivity index is 3.06. The van der Waals surface area contributed by atoms with Gasteiger partial charge >= 0.3 is 11.9 Å². The van der Waals surface area contributed by atoms with E-state index in [1.165, 1.54) is 25.3 Å². The second-order valence-corrected chi connectivity index (χ2v) is 3.90. The molecule has 0 aliphatic heterocycles. The van der Waals surface area contributed by atoms with Crippen LogP contribution in [0, 0.1) is 0 Å². The molecule has 0 aliphatic carbocycles. The first-order valence-electron chi connectivity index (χ1n) is 5.86. The Morgan fingerprint density at radius 2 is 1.95 bits per heavy atom. The number of esters is 1. The zero-order valence-corrected chi connectivity index (χ0v) is 11.1. The first kappa shape index (κ1) is 15.9. The normalized spacial score (nSPS) is 13.4. The van der Waals surface area contributed by atoms with Gasteiger partial charge in [0.1, 0.15) is 11.9 Å². The molecule has 0 spiro atoms. The molecular formula is C13H16O7. The summed E-state index contributed by atoms with van der Waals surface area (Å²) in [4.78, 5) is 22.2. The number of ether oxygens (including phenoxy) is 2. The highest BCUT2D eigenvalue weighted by molar-refractivity contribution is 5.88. The van der Waals surface area contributed by atoms with Gasteiger partial charge in [0.05, 0.1) is 19.3 Å². The van der Waals surface area contributed by atoms with Gasteiger partial charge in [0.15, 0.2) is 6.10 Å². The average Bonchev–Trinajstić information content (AvgIpc) is 2.45. The topological polar surface area (TPSA) is 113 Å². The molecule has 0 radical (unpaired) electrons. The molecule has 0 saturated carbocycles. The van der Waals surface area contributed by atoms with Crippen molar-refractivity contribution in [2.45, 2.75) is 19.1 Å². The van der Waals surface area contributed by atoms with E-state index in [0.29, 0.717) is 0 Å². The summed E-state index contributed by atoms with van der Waals surface area (Å²) in [7, 11) is 1.29. The third kappa shape index (κ3) is 3.46. The molecule has 1 aromatic rings. The third-order valence-electron chi connectivity index (χ3n) is 2.63. The summed E-state index contributed by atoms with van der Waals surface area (Å²) in [5, 5.41) is 28.5. The average molecular weight is 284 g/mol. The highest BCUT2D eigenvalue weighted by Crippen LogP contribution is 2.29. The first-order valence-corrected chi connectivity index (χ1v) is 5.86. The van der Waals surface area contributed by atoms with Crippen molar-refractivity contribution in [3.05, 3.63) is 29.3 Å². The minimum absolute atomic E-state index is 0.0385. The number of hydrogen-bond acceptors (Lipinski definition) is 6. The predicted octanol–water partition coefficient (Wildman–Crippen LogP) is 0.351. The summed E-state index contributed by atoms with van der Waals surface area (Å²) >= 11 is 0. The van der Waals surface area contributed by atoms with E-state index in [-0.39, 0.29) is 23.5 Å². The molecule has 7 nitrogen and oxygen atoms in total. The van der Waals surface area contributed by atoms with Crippen LogP contribution in [-0.2, 0) is 9.53 Å². The Kier molecular flexibility index (Phi) is 5.48. The predicted molar refractivity (Wildman–Crippen MR) is 67.6 cm³/mol. The lowest BCUT2D eigenvalue weighted by Crippen LogP contribution is -2.30. The summed E-state index contributed by atoms with van der Waals surface area (Å²) < 4.78 is 9.56. The second kappa shape index (κ2) is 6.88. The lowest BCUT2D eigenvalue weighted by Gasteiger charge is -2.19. The lowest BCUT2D eigenvalue weighted by atomic mass is 10.0. The standard InChI is InChI=1S/C13H16O7/c1-3-20-13(18)11(15)10(14)8-5-4-7(12(16)17)6-9(8)19-2/h4-6,10-11,14-15H,3H2,1-2H3,(H,16,17). The largest absolute Gasteiger partial charge is 0.496 e. The molecule has 3 N–H and O–H groups in total. The van der Waals surface area contributed by atoms with Crippen LogP contribution in [0.5, 0.6) is 5.75 Å². The Morgan fingerprint density at radius 3 is 2.45 bits per heavy atom. The number of aliphatic hydroxyl groups excluding tert-OH is 2. The van der Waals surface area contributed by atoms with Gasteiger partial charge in [0.25, 0.3) is 0 Å². The van der Waals surface area contributed by atoms with E-state index in [9.17, 15) is 19.8 Å². The van der Waals surface area contributed by atoms with Crippen LogP contribution in [0.3, 0.4) is 0 Å². The summed E-state index contributed by atoms with van der Waals surface area (Å²) in [5.41, 5.74) is 0.0569. The monoisotopic (exact) mass is 284 g/mol. The lowest BCUT2D eigenvalue weighted by molar-refractivity contribution is -0.159. The highest BCUT2D eigenvalue weighted by atomic mass is 16.5. The zero-order valence-electron chi connectivity index (χ0n) is 11.1. The molecule has 1 rings (SSSR count). The fourth-order valence-corrected chi connectivity index (χ4v) is 1.62. The van der Waals surface area contributed by atoms with Crippen molar-refractivity contribution in [1.29, 1.82) is 0 Å². The van der Waals surface area contributed by atoms with Crippen molar-refractivity contribution >= 4 is 11.9 Å². The van der Waals surface area contributed by atoms with Crippen molar-refractivity contribution in [2.24, 2.45) is 0 Å². The molecule has 0 saturated heterocycles. The number of hydrogen-bond donors (Lipinski definition) is 3. The van der Waals surface area contributed by atoms with Crippen LogP contribution in [0.2, 0.25) is 0 Å². The number of rotatable bonds is 6. The van der Waals surface area contributed by atoms with Crippen LogP contribution in [0.4, 0.5) is 0 Å². The van der Waals surface area contributed by atoms with Crippen LogP contribution < -0.4 is 4.74 Å². The number of carbonyl (C=O) groups excluding carboxylic acids is 1. The van der Waals surface area contributed by atoms with E-state index in [1.54, 1.807) is 6.92 Å². The van der Waals surface area contributed by atoms with E-state index in [4.69, 9.17) is 9.84 Å². The number of aliphatic hydroxyl groups is 2. The smallest absolute Gasteiger partial charge is 0.338 e. The minimum Gasteiger partial charge on any atom is -0.496 e. The molecule has 0 bridgehead atoms. The molecule has 0 aromatic heterocycles. The first-order chi connectivity index (χ1) is 9.42. The Hall–Kier alpha value is -2.12. The van der Waals surface area contributed by atoms with Crippen molar-refractivity contribution in [2.75, 3.05) is 13.7 Å².